The lowest BCUT2D eigenvalue weighted by Crippen LogP contribution is -2.43. The molecule has 1 N–H and O–H groups in total. The molecule has 0 unspecified atom stereocenters. The summed E-state index contributed by atoms with van der Waals surface area (Å²) in [5.41, 5.74) is 3.06. The van der Waals surface area contributed by atoms with E-state index in [-0.39, 0.29) is 36.2 Å². The molecule has 1 aliphatic heterocycles. The Bertz CT molecular complexity index is 1650. The third-order valence-electron chi connectivity index (χ3n) is 7.69. The zero-order valence-corrected chi connectivity index (χ0v) is 25.9. The lowest BCUT2D eigenvalue weighted by atomic mass is 10.0. The van der Waals surface area contributed by atoms with Gasteiger partial charge in [-0.05, 0) is 72.4 Å². The summed E-state index contributed by atoms with van der Waals surface area (Å²) in [6.45, 7) is 1.50. The summed E-state index contributed by atoms with van der Waals surface area (Å²) in [5.74, 6) is -0.531. The Balaban J connectivity index is 1.37. The first-order chi connectivity index (χ1) is 21.3. The zero-order chi connectivity index (χ0) is 30.9. The van der Waals surface area contributed by atoms with Gasteiger partial charge >= 0.3 is 0 Å². The molecule has 0 radical (unpaired) electrons. The van der Waals surface area contributed by atoms with Crippen LogP contribution in [0.3, 0.4) is 0 Å². The van der Waals surface area contributed by atoms with Crippen LogP contribution in [-0.2, 0) is 39.1 Å². The number of hydrogen-bond donors (Lipinski definition) is 1. The minimum atomic E-state index is -3.52. The van der Waals surface area contributed by atoms with E-state index >= 15 is 0 Å². The second-order valence-electron chi connectivity index (χ2n) is 10.8. The van der Waals surface area contributed by atoms with Crippen LogP contribution in [0.1, 0.15) is 47.7 Å². The number of sulfonamides is 1. The van der Waals surface area contributed by atoms with Crippen molar-refractivity contribution in [1.82, 2.24) is 19.5 Å². The first kappa shape index (κ1) is 31.4. The molecule has 3 aromatic carbocycles. The highest BCUT2D eigenvalue weighted by atomic mass is 35.5. The minimum Gasteiger partial charge on any atom is -0.348 e. The SMILES string of the molecule is O=C(NCc1ccccn1)[C@H](c1ccccc1)N(Cc1ccc(Cl)cc1)C(=O)CCc1ccc(S(=O)(=O)N2CCCC2)cc1. The van der Waals surface area contributed by atoms with Gasteiger partial charge in [0.25, 0.3) is 0 Å². The lowest BCUT2D eigenvalue weighted by molar-refractivity contribution is -0.141. The van der Waals surface area contributed by atoms with Crippen molar-refractivity contribution in [3.05, 3.63) is 131 Å². The molecule has 2 amide bonds. The largest absolute Gasteiger partial charge is 0.348 e. The highest BCUT2D eigenvalue weighted by Gasteiger charge is 2.32. The Hall–Kier alpha value is -4.05. The van der Waals surface area contributed by atoms with E-state index in [1.165, 1.54) is 4.31 Å². The molecule has 2 heterocycles. The molecule has 10 heteroatoms. The van der Waals surface area contributed by atoms with E-state index in [1.807, 2.05) is 60.7 Å². The molecule has 1 aliphatic rings. The maximum atomic E-state index is 14.0. The van der Waals surface area contributed by atoms with E-state index in [4.69, 9.17) is 11.6 Å². The van der Waals surface area contributed by atoms with Gasteiger partial charge in [-0.25, -0.2) is 8.42 Å². The van der Waals surface area contributed by atoms with Gasteiger partial charge in [-0.15, -0.1) is 0 Å². The summed E-state index contributed by atoms with van der Waals surface area (Å²) in [4.78, 5) is 33.9. The Kier molecular flexibility index (Phi) is 10.4. The normalized spacial score (nSPS) is 14.2. The van der Waals surface area contributed by atoms with Crippen molar-refractivity contribution in [2.24, 2.45) is 0 Å². The molecule has 1 saturated heterocycles. The van der Waals surface area contributed by atoms with Crippen molar-refractivity contribution in [3.63, 3.8) is 0 Å². The number of aryl methyl sites for hydroxylation is 1. The van der Waals surface area contributed by atoms with E-state index in [1.54, 1.807) is 47.5 Å². The Labute approximate surface area is 263 Å². The van der Waals surface area contributed by atoms with Crippen LogP contribution >= 0.6 is 11.6 Å². The van der Waals surface area contributed by atoms with Gasteiger partial charge in [0.15, 0.2) is 0 Å². The third-order valence-corrected chi connectivity index (χ3v) is 9.85. The Morgan fingerprint density at radius 3 is 2.18 bits per heavy atom. The second kappa shape index (κ2) is 14.6. The molecule has 0 aliphatic carbocycles. The first-order valence-electron chi connectivity index (χ1n) is 14.7. The molecule has 0 saturated carbocycles. The van der Waals surface area contributed by atoms with E-state index < -0.39 is 16.1 Å². The van der Waals surface area contributed by atoms with Gasteiger partial charge in [-0.3, -0.25) is 14.6 Å². The number of aromatic nitrogens is 1. The molecule has 44 heavy (non-hydrogen) atoms. The summed E-state index contributed by atoms with van der Waals surface area (Å²) < 4.78 is 27.4. The number of halogens is 1. The number of nitrogens with zero attached hydrogens (tertiary/aromatic N) is 3. The molecule has 8 nitrogen and oxygen atoms in total. The predicted molar refractivity (Wildman–Crippen MR) is 170 cm³/mol. The van der Waals surface area contributed by atoms with Crippen molar-refractivity contribution < 1.29 is 18.0 Å². The van der Waals surface area contributed by atoms with Gasteiger partial charge in [0.2, 0.25) is 21.8 Å². The topological polar surface area (TPSA) is 99.7 Å². The van der Waals surface area contributed by atoms with Crippen molar-refractivity contribution in [2.45, 2.75) is 49.7 Å². The van der Waals surface area contributed by atoms with Gasteiger partial charge in [0.1, 0.15) is 6.04 Å². The summed E-state index contributed by atoms with van der Waals surface area (Å²) in [7, 11) is -3.52. The molecule has 0 bridgehead atoms. The van der Waals surface area contributed by atoms with E-state index in [0.717, 1.165) is 24.0 Å². The number of carbonyl (C=O) groups is 2. The average Bonchev–Trinajstić information content (AvgIpc) is 3.61. The summed E-state index contributed by atoms with van der Waals surface area (Å²) in [6, 6.07) is 27.8. The molecular weight excluding hydrogens is 596 g/mol. The van der Waals surface area contributed by atoms with Crippen LogP contribution in [-0.4, -0.2) is 47.5 Å². The fourth-order valence-corrected chi connectivity index (χ4v) is 6.94. The molecular formula is C34H35ClN4O4S. The number of hydrogen-bond acceptors (Lipinski definition) is 5. The van der Waals surface area contributed by atoms with Crippen molar-refractivity contribution in [1.29, 1.82) is 0 Å². The van der Waals surface area contributed by atoms with Crippen molar-refractivity contribution in [3.8, 4) is 0 Å². The number of carbonyl (C=O) groups excluding carboxylic acids is 2. The van der Waals surface area contributed by atoms with Gasteiger partial charge in [0.05, 0.1) is 17.1 Å². The zero-order valence-electron chi connectivity index (χ0n) is 24.3. The Morgan fingerprint density at radius 2 is 1.52 bits per heavy atom. The number of amides is 2. The fraction of sp³-hybridized carbons (Fsp3) is 0.265. The molecule has 4 aromatic rings. The molecule has 0 spiro atoms. The number of nitrogens with one attached hydrogen (secondary N) is 1. The van der Waals surface area contributed by atoms with E-state index in [9.17, 15) is 18.0 Å². The maximum Gasteiger partial charge on any atom is 0.247 e. The quantitative estimate of drug-likeness (QED) is 0.222. The van der Waals surface area contributed by atoms with E-state index in [2.05, 4.69) is 10.3 Å². The van der Waals surface area contributed by atoms with Crippen LogP contribution in [0.5, 0.6) is 0 Å². The second-order valence-corrected chi connectivity index (χ2v) is 13.1. The molecule has 1 fully saturated rings. The van der Waals surface area contributed by atoms with E-state index in [0.29, 0.717) is 35.8 Å². The number of rotatable bonds is 12. The fourth-order valence-electron chi connectivity index (χ4n) is 5.30. The summed E-state index contributed by atoms with van der Waals surface area (Å²) in [6.07, 6.45) is 3.93. The van der Waals surface area contributed by atoms with Gasteiger partial charge < -0.3 is 10.2 Å². The summed E-state index contributed by atoms with van der Waals surface area (Å²) >= 11 is 6.12. The lowest BCUT2D eigenvalue weighted by Gasteiger charge is -2.32. The van der Waals surface area contributed by atoms with Crippen molar-refractivity contribution >= 4 is 33.4 Å². The van der Waals surface area contributed by atoms with Gasteiger partial charge in [0, 0.05) is 37.3 Å². The molecule has 1 atom stereocenters. The highest BCUT2D eigenvalue weighted by molar-refractivity contribution is 7.89. The average molecular weight is 631 g/mol. The van der Waals surface area contributed by atoms with Crippen LogP contribution < -0.4 is 5.32 Å². The Morgan fingerprint density at radius 1 is 0.864 bits per heavy atom. The van der Waals surface area contributed by atoms with Crippen molar-refractivity contribution in [2.75, 3.05) is 13.1 Å². The van der Waals surface area contributed by atoms with Gasteiger partial charge in [-0.1, -0.05) is 72.3 Å². The predicted octanol–water partition coefficient (Wildman–Crippen LogP) is 5.54. The number of pyridine rings is 1. The first-order valence-corrected chi connectivity index (χ1v) is 16.5. The minimum absolute atomic E-state index is 0.128. The standard InChI is InChI=1S/C34H35ClN4O4S/c35-29-16-11-27(12-17-29)25-39(33(28-8-2-1-3-9-28)34(41)37-24-30-10-4-5-21-36-30)32(40)20-15-26-13-18-31(19-14-26)44(42,43)38-22-6-7-23-38/h1-5,8-14,16-19,21,33H,6-7,15,20,22-25H2,(H,37,41)/t33-/m0/s1. The monoisotopic (exact) mass is 630 g/mol. The van der Waals surface area contributed by atoms with Crippen LogP contribution in [0, 0.1) is 0 Å². The molecule has 1 aromatic heterocycles. The summed E-state index contributed by atoms with van der Waals surface area (Å²) in [5, 5.41) is 3.55. The maximum absolute atomic E-state index is 14.0. The van der Waals surface area contributed by atoms with Gasteiger partial charge in [-0.2, -0.15) is 4.31 Å². The third kappa shape index (κ3) is 7.91. The van der Waals surface area contributed by atoms with Crippen LogP contribution in [0.15, 0.2) is 108 Å². The van der Waals surface area contributed by atoms with Crippen LogP contribution in [0.2, 0.25) is 5.02 Å². The molecule has 5 rings (SSSR count). The molecule has 228 valence electrons. The number of benzene rings is 3. The van der Waals surface area contributed by atoms with Crippen LogP contribution in [0.4, 0.5) is 0 Å². The van der Waals surface area contributed by atoms with Crippen LogP contribution in [0.25, 0.3) is 0 Å². The smallest absolute Gasteiger partial charge is 0.247 e. The highest BCUT2D eigenvalue weighted by Crippen LogP contribution is 2.26.